The molecule has 4 rings (SSSR count). The Balaban J connectivity index is 1.57. The Labute approximate surface area is 184 Å². The molecular weight excluding hydrogens is 414 g/mol. The summed E-state index contributed by atoms with van der Waals surface area (Å²) in [5, 5.41) is 6.94. The van der Waals surface area contributed by atoms with E-state index in [1.165, 1.54) is 10.4 Å². The van der Waals surface area contributed by atoms with E-state index in [1.54, 1.807) is 35.6 Å². The van der Waals surface area contributed by atoms with E-state index in [0.717, 1.165) is 28.5 Å². The van der Waals surface area contributed by atoms with E-state index in [0.29, 0.717) is 11.3 Å². The second-order valence-electron chi connectivity index (χ2n) is 8.31. The van der Waals surface area contributed by atoms with Crippen molar-refractivity contribution < 1.29 is 9.59 Å². The highest BCUT2D eigenvalue weighted by Crippen LogP contribution is 2.38. The lowest BCUT2D eigenvalue weighted by atomic mass is 10.1. The molecule has 7 heteroatoms. The van der Waals surface area contributed by atoms with Gasteiger partial charge in [-0.05, 0) is 74.9 Å². The van der Waals surface area contributed by atoms with Crippen molar-refractivity contribution in [1.82, 2.24) is 9.88 Å². The van der Waals surface area contributed by atoms with E-state index in [-0.39, 0.29) is 17.4 Å². The molecule has 2 aromatic heterocycles. The summed E-state index contributed by atoms with van der Waals surface area (Å²) in [6.45, 7) is 5.84. The number of nitrogens with zero attached hydrogens (tertiary/aromatic N) is 1. The predicted octanol–water partition coefficient (Wildman–Crippen LogP) is 5.11. The van der Waals surface area contributed by atoms with Crippen LogP contribution < -0.4 is 10.6 Å². The third kappa shape index (κ3) is 4.47. The first kappa shape index (κ1) is 20.8. The normalized spacial score (nSPS) is 13.6. The topological polar surface area (TPSA) is 63.1 Å². The van der Waals surface area contributed by atoms with Gasteiger partial charge in [-0.15, -0.1) is 11.3 Å². The Morgan fingerprint density at radius 1 is 1.03 bits per heavy atom. The molecule has 0 atom stereocenters. The Bertz CT molecular complexity index is 1060. The molecule has 3 aromatic rings. The maximum Gasteiger partial charge on any atom is 0.258 e. The van der Waals surface area contributed by atoms with Gasteiger partial charge in [-0.1, -0.05) is 0 Å². The smallest absolute Gasteiger partial charge is 0.258 e. The maximum absolute atomic E-state index is 13.3. The van der Waals surface area contributed by atoms with Crippen LogP contribution in [0.5, 0.6) is 0 Å². The molecular formula is C23H25N3O2S2. The van der Waals surface area contributed by atoms with Crippen molar-refractivity contribution in [2.24, 2.45) is 0 Å². The molecule has 0 fully saturated rings. The lowest BCUT2D eigenvalue weighted by molar-refractivity contribution is 0.0919. The number of rotatable bonds is 4. The number of fused-ring (bicyclic) bond motifs is 1. The summed E-state index contributed by atoms with van der Waals surface area (Å²) in [7, 11) is 0. The molecule has 30 heavy (non-hydrogen) atoms. The van der Waals surface area contributed by atoms with Gasteiger partial charge in [-0.2, -0.15) is 11.8 Å². The van der Waals surface area contributed by atoms with E-state index < -0.39 is 0 Å². The number of thioether (sulfide) groups is 1. The van der Waals surface area contributed by atoms with E-state index in [9.17, 15) is 9.59 Å². The molecule has 1 aliphatic heterocycles. The summed E-state index contributed by atoms with van der Waals surface area (Å²) in [5.41, 5.74) is 2.88. The highest BCUT2D eigenvalue weighted by atomic mass is 32.2. The Hall–Kier alpha value is -2.51. The summed E-state index contributed by atoms with van der Waals surface area (Å²) in [4.78, 5) is 26.9. The van der Waals surface area contributed by atoms with Gasteiger partial charge in [0.1, 0.15) is 5.00 Å². The number of amides is 2. The number of carbonyl (C=O) groups is 2. The second-order valence-corrected chi connectivity index (χ2v) is 10.5. The average Bonchev–Trinajstić information content (AvgIpc) is 3.34. The van der Waals surface area contributed by atoms with Crippen LogP contribution in [-0.2, 0) is 12.2 Å². The molecule has 156 valence electrons. The van der Waals surface area contributed by atoms with E-state index in [1.807, 2.05) is 61.6 Å². The molecule has 2 amide bonds. The molecule has 0 spiro atoms. The van der Waals surface area contributed by atoms with Gasteiger partial charge in [-0.3, -0.25) is 9.59 Å². The Morgan fingerprint density at radius 2 is 1.73 bits per heavy atom. The van der Waals surface area contributed by atoms with Gasteiger partial charge in [0.05, 0.1) is 5.56 Å². The van der Waals surface area contributed by atoms with E-state index in [2.05, 4.69) is 10.6 Å². The maximum atomic E-state index is 13.3. The second kappa shape index (κ2) is 8.32. The first-order valence-corrected chi connectivity index (χ1v) is 11.9. The molecule has 3 heterocycles. The lowest BCUT2D eigenvalue weighted by Gasteiger charge is -2.20. The number of benzene rings is 1. The van der Waals surface area contributed by atoms with Crippen LogP contribution in [0.3, 0.4) is 0 Å². The third-order valence-electron chi connectivity index (χ3n) is 4.76. The molecule has 0 radical (unpaired) electrons. The molecule has 1 aromatic carbocycles. The van der Waals surface area contributed by atoms with E-state index in [4.69, 9.17) is 0 Å². The molecule has 0 aliphatic carbocycles. The zero-order valence-corrected chi connectivity index (χ0v) is 19.0. The number of hydrogen-bond acceptors (Lipinski definition) is 4. The van der Waals surface area contributed by atoms with Crippen molar-refractivity contribution in [3.05, 3.63) is 70.4 Å². The molecule has 0 saturated heterocycles. The summed E-state index contributed by atoms with van der Waals surface area (Å²) in [5.74, 6) is 1.76. The van der Waals surface area contributed by atoms with Gasteiger partial charge < -0.3 is 15.2 Å². The van der Waals surface area contributed by atoms with Crippen LogP contribution in [0.1, 0.15) is 51.9 Å². The lowest BCUT2D eigenvalue weighted by Crippen LogP contribution is -2.40. The van der Waals surface area contributed by atoms with E-state index >= 15 is 0 Å². The monoisotopic (exact) mass is 439 g/mol. The van der Waals surface area contributed by atoms with Gasteiger partial charge in [0.15, 0.2) is 0 Å². The minimum absolute atomic E-state index is 0.102. The first-order valence-electron chi connectivity index (χ1n) is 9.91. The Kier molecular flexibility index (Phi) is 5.75. The number of anilines is 1. The number of nitrogens with one attached hydrogen (secondary N) is 2. The summed E-state index contributed by atoms with van der Waals surface area (Å²) in [6.07, 6.45) is 4.86. The molecule has 0 unspecified atom stereocenters. The van der Waals surface area contributed by atoms with Crippen LogP contribution in [0.15, 0.2) is 48.8 Å². The zero-order chi connectivity index (χ0) is 21.3. The van der Waals surface area contributed by atoms with Crippen molar-refractivity contribution in [1.29, 1.82) is 0 Å². The fourth-order valence-electron chi connectivity index (χ4n) is 3.42. The van der Waals surface area contributed by atoms with Crippen LogP contribution in [0.2, 0.25) is 0 Å². The molecule has 0 bridgehead atoms. The molecule has 1 aliphatic rings. The van der Waals surface area contributed by atoms with Crippen LogP contribution >= 0.6 is 23.1 Å². The third-order valence-corrected chi connectivity index (χ3v) is 7.17. The number of thiophene rings is 1. The number of aromatic nitrogens is 1. The molecule has 0 saturated carbocycles. The fraction of sp³-hybridized carbons (Fsp3) is 0.304. The predicted molar refractivity (Wildman–Crippen MR) is 125 cm³/mol. The first-order chi connectivity index (χ1) is 14.3. The molecule has 2 N–H and O–H groups in total. The quantitative estimate of drug-likeness (QED) is 0.594. The summed E-state index contributed by atoms with van der Waals surface area (Å²) in [6, 6.07) is 11.0. The summed E-state index contributed by atoms with van der Waals surface area (Å²) < 4.78 is 2.02. The zero-order valence-electron chi connectivity index (χ0n) is 17.3. The fourth-order valence-corrected chi connectivity index (χ4v) is 5.86. The minimum atomic E-state index is -0.296. The highest BCUT2D eigenvalue weighted by molar-refractivity contribution is 7.98. The van der Waals surface area contributed by atoms with Gasteiger partial charge in [0, 0.05) is 39.8 Å². The van der Waals surface area contributed by atoms with Crippen LogP contribution in [0.4, 0.5) is 5.69 Å². The van der Waals surface area contributed by atoms with Gasteiger partial charge in [0.25, 0.3) is 11.8 Å². The number of carbonyl (C=O) groups excluding carboxylic acids is 2. The van der Waals surface area contributed by atoms with Crippen molar-refractivity contribution in [2.45, 2.75) is 38.5 Å². The van der Waals surface area contributed by atoms with Crippen LogP contribution in [-0.4, -0.2) is 27.7 Å². The van der Waals surface area contributed by atoms with Crippen molar-refractivity contribution in [3.63, 3.8) is 0 Å². The molecule has 5 nitrogen and oxygen atoms in total. The van der Waals surface area contributed by atoms with Gasteiger partial charge in [-0.25, -0.2) is 0 Å². The van der Waals surface area contributed by atoms with Crippen molar-refractivity contribution >= 4 is 40.6 Å². The average molecular weight is 440 g/mol. The summed E-state index contributed by atoms with van der Waals surface area (Å²) >= 11 is 3.61. The number of hydrogen-bond donors (Lipinski definition) is 2. The minimum Gasteiger partial charge on any atom is -0.347 e. The standard InChI is InChI=1S/C23H25N3O2S2/c1-23(2,3)25-20(27)15-6-8-16(9-7-15)24-21(28)19-17-10-13-29-14-18(17)30-22(19)26-11-4-5-12-26/h4-9,11-12H,10,13-14H2,1-3H3,(H,24,28)(H,25,27). The highest BCUT2D eigenvalue weighted by Gasteiger charge is 2.26. The van der Waals surface area contributed by atoms with Gasteiger partial charge in [0.2, 0.25) is 0 Å². The Morgan fingerprint density at radius 3 is 2.40 bits per heavy atom. The SMILES string of the molecule is CC(C)(C)NC(=O)c1ccc(NC(=O)c2c(-n3cccc3)sc3c2CCSC3)cc1. The van der Waals surface area contributed by atoms with Crippen LogP contribution in [0, 0.1) is 0 Å². The largest absolute Gasteiger partial charge is 0.347 e. The van der Waals surface area contributed by atoms with Crippen molar-refractivity contribution in [2.75, 3.05) is 11.1 Å². The van der Waals surface area contributed by atoms with Gasteiger partial charge >= 0.3 is 0 Å². The van der Waals surface area contributed by atoms with Crippen LogP contribution in [0.25, 0.3) is 5.00 Å². The van der Waals surface area contributed by atoms with Crippen molar-refractivity contribution in [3.8, 4) is 5.00 Å².